The van der Waals surface area contributed by atoms with Crippen LogP contribution in [0.5, 0.6) is 0 Å². The minimum absolute atomic E-state index is 0.362. The third-order valence-electron chi connectivity index (χ3n) is 3.40. The van der Waals surface area contributed by atoms with Crippen LogP contribution in [-0.2, 0) is 0 Å². The van der Waals surface area contributed by atoms with E-state index in [2.05, 4.69) is 31.6 Å². The second-order valence-electron chi connectivity index (χ2n) is 5.07. The lowest BCUT2D eigenvalue weighted by Crippen LogP contribution is -2.52. The molecule has 1 fully saturated rings. The lowest BCUT2D eigenvalue weighted by atomic mass is 9.74. The molecule has 3 atom stereocenters. The molecule has 0 aliphatic heterocycles. The van der Waals surface area contributed by atoms with Crippen LogP contribution in [0.4, 0.5) is 4.79 Å². The average molecular weight is 213 g/mol. The summed E-state index contributed by atoms with van der Waals surface area (Å²) in [6.45, 7) is 6.73. The summed E-state index contributed by atoms with van der Waals surface area (Å²) in [5.74, 6) is 2.00. The first-order chi connectivity index (χ1) is 7.00. The van der Waals surface area contributed by atoms with E-state index in [1.54, 1.807) is 0 Å². The molecule has 0 aromatic carbocycles. The standard InChI is InChI=1S/C11H23N3O/c1-7(2)9-5-4-8(3)6-10(9)13-14-11(12)15/h7-10,13H,4-6H2,1-3H3,(H3,12,14,15)/t8-,9-,10-/m0/s1. The minimum atomic E-state index is -0.504. The highest BCUT2D eigenvalue weighted by Crippen LogP contribution is 2.33. The average Bonchev–Trinajstić information content (AvgIpc) is 2.14. The van der Waals surface area contributed by atoms with Gasteiger partial charge in [-0.1, -0.05) is 27.2 Å². The topological polar surface area (TPSA) is 67.2 Å². The van der Waals surface area contributed by atoms with Gasteiger partial charge >= 0.3 is 6.03 Å². The van der Waals surface area contributed by atoms with Crippen LogP contribution in [0.2, 0.25) is 0 Å². The fourth-order valence-electron chi connectivity index (χ4n) is 2.53. The molecule has 1 aliphatic carbocycles. The molecule has 0 bridgehead atoms. The van der Waals surface area contributed by atoms with E-state index in [0.717, 1.165) is 12.3 Å². The highest BCUT2D eigenvalue weighted by atomic mass is 16.2. The van der Waals surface area contributed by atoms with Crippen LogP contribution in [0.15, 0.2) is 0 Å². The van der Waals surface area contributed by atoms with Gasteiger partial charge in [0.1, 0.15) is 0 Å². The van der Waals surface area contributed by atoms with Gasteiger partial charge in [0.2, 0.25) is 0 Å². The van der Waals surface area contributed by atoms with Crippen molar-refractivity contribution in [2.45, 2.75) is 46.1 Å². The number of nitrogens with two attached hydrogens (primary N) is 1. The molecular weight excluding hydrogens is 190 g/mol. The van der Waals surface area contributed by atoms with E-state index in [9.17, 15) is 4.79 Å². The van der Waals surface area contributed by atoms with E-state index >= 15 is 0 Å². The van der Waals surface area contributed by atoms with Gasteiger partial charge in [-0.25, -0.2) is 10.2 Å². The first-order valence-corrected chi connectivity index (χ1v) is 5.81. The summed E-state index contributed by atoms with van der Waals surface area (Å²) in [5, 5.41) is 0. The quantitative estimate of drug-likeness (QED) is 0.624. The number of nitrogens with one attached hydrogen (secondary N) is 2. The first-order valence-electron chi connectivity index (χ1n) is 5.81. The summed E-state index contributed by atoms with van der Waals surface area (Å²) < 4.78 is 0. The van der Waals surface area contributed by atoms with E-state index in [-0.39, 0.29) is 0 Å². The van der Waals surface area contributed by atoms with Crippen LogP contribution in [0.1, 0.15) is 40.0 Å². The maximum Gasteiger partial charge on any atom is 0.326 e. The summed E-state index contributed by atoms with van der Waals surface area (Å²) in [6, 6.07) is -0.142. The van der Waals surface area contributed by atoms with Crippen molar-refractivity contribution in [2.24, 2.45) is 23.5 Å². The summed E-state index contributed by atoms with van der Waals surface area (Å²) in [7, 11) is 0. The van der Waals surface area contributed by atoms with Crippen LogP contribution < -0.4 is 16.6 Å². The molecule has 0 spiro atoms. The second kappa shape index (κ2) is 5.35. The number of primary amides is 1. The van der Waals surface area contributed by atoms with Crippen molar-refractivity contribution in [2.75, 3.05) is 0 Å². The molecule has 1 aliphatic rings. The molecule has 0 heterocycles. The van der Waals surface area contributed by atoms with Crippen molar-refractivity contribution in [3.63, 3.8) is 0 Å². The smallest absolute Gasteiger partial charge is 0.326 e. The Hall–Kier alpha value is -0.770. The normalized spacial score (nSPS) is 31.6. The molecule has 1 rings (SSSR count). The maximum absolute atomic E-state index is 10.6. The molecule has 0 aromatic rings. The van der Waals surface area contributed by atoms with Gasteiger partial charge < -0.3 is 5.73 Å². The summed E-state index contributed by atoms with van der Waals surface area (Å²) in [5.41, 5.74) is 10.6. The Balaban J connectivity index is 2.50. The Morgan fingerprint density at radius 3 is 2.60 bits per heavy atom. The molecule has 1 saturated carbocycles. The number of carbonyl (C=O) groups excluding carboxylic acids is 1. The number of hydrazine groups is 1. The van der Waals surface area contributed by atoms with Gasteiger partial charge in [0.25, 0.3) is 0 Å². The molecule has 88 valence electrons. The van der Waals surface area contributed by atoms with Gasteiger partial charge in [-0.15, -0.1) is 0 Å². The fourth-order valence-corrected chi connectivity index (χ4v) is 2.53. The third kappa shape index (κ3) is 3.70. The maximum atomic E-state index is 10.6. The summed E-state index contributed by atoms with van der Waals surface area (Å²) >= 11 is 0. The number of rotatable bonds is 3. The Labute approximate surface area is 92.0 Å². The van der Waals surface area contributed by atoms with Crippen LogP contribution in [0.25, 0.3) is 0 Å². The number of hydrogen-bond acceptors (Lipinski definition) is 2. The Bertz CT molecular complexity index is 218. The van der Waals surface area contributed by atoms with Crippen molar-refractivity contribution in [1.29, 1.82) is 0 Å². The number of carbonyl (C=O) groups is 1. The molecule has 2 amide bonds. The summed E-state index contributed by atoms with van der Waals surface area (Å²) in [6.07, 6.45) is 3.64. The van der Waals surface area contributed by atoms with E-state index in [1.165, 1.54) is 12.8 Å². The van der Waals surface area contributed by atoms with Gasteiger partial charge in [0.05, 0.1) is 0 Å². The van der Waals surface area contributed by atoms with Crippen molar-refractivity contribution in [3.05, 3.63) is 0 Å². The molecular formula is C11H23N3O. The Morgan fingerprint density at radius 1 is 1.40 bits per heavy atom. The predicted molar refractivity (Wildman–Crippen MR) is 61.0 cm³/mol. The fraction of sp³-hybridized carbons (Fsp3) is 0.909. The van der Waals surface area contributed by atoms with Crippen LogP contribution in [0, 0.1) is 17.8 Å². The highest BCUT2D eigenvalue weighted by molar-refractivity contribution is 5.70. The number of amides is 2. The van der Waals surface area contributed by atoms with Crippen molar-refractivity contribution in [3.8, 4) is 0 Å². The largest absolute Gasteiger partial charge is 0.351 e. The van der Waals surface area contributed by atoms with Gasteiger partial charge in [-0.3, -0.25) is 5.43 Å². The lowest BCUT2D eigenvalue weighted by Gasteiger charge is -2.37. The third-order valence-corrected chi connectivity index (χ3v) is 3.40. The number of hydrogen-bond donors (Lipinski definition) is 3. The molecule has 0 radical (unpaired) electrons. The monoisotopic (exact) mass is 213 g/mol. The molecule has 4 nitrogen and oxygen atoms in total. The van der Waals surface area contributed by atoms with Gasteiger partial charge in [-0.05, 0) is 30.6 Å². The molecule has 0 aromatic heterocycles. The van der Waals surface area contributed by atoms with Gasteiger partial charge in [-0.2, -0.15) is 0 Å². The zero-order valence-corrected chi connectivity index (χ0v) is 9.92. The van der Waals surface area contributed by atoms with Gasteiger partial charge in [0, 0.05) is 6.04 Å². The van der Waals surface area contributed by atoms with Crippen molar-refractivity contribution in [1.82, 2.24) is 10.9 Å². The Morgan fingerprint density at radius 2 is 2.07 bits per heavy atom. The van der Waals surface area contributed by atoms with E-state index in [4.69, 9.17) is 5.73 Å². The van der Waals surface area contributed by atoms with Crippen molar-refractivity contribution < 1.29 is 4.79 Å². The van der Waals surface area contributed by atoms with Crippen LogP contribution >= 0.6 is 0 Å². The SMILES string of the molecule is CC(C)[C@@H]1CC[C@H](C)C[C@@H]1NNC(N)=O. The lowest BCUT2D eigenvalue weighted by molar-refractivity contribution is 0.158. The molecule has 0 unspecified atom stereocenters. The minimum Gasteiger partial charge on any atom is -0.351 e. The first kappa shape index (κ1) is 12.3. The van der Waals surface area contributed by atoms with E-state index in [1.807, 2.05) is 0 Å². The Kier molecular flexibility index (Phi) is 4.39. The zero-order valence-electron chi connectivity index (χ0n) is 9.92. The molecule has 4 heteroatoms. The molecule has 4 N–H and O–H groups in total. The van der Waals surface area contributed by atoms with Gasteiger partial charge in [0.15, 0.2) is 0 Å². The second-order valence-corrected chi connectivity index (χ2v) is 5.07. The predicted octanol–water partition coefficient (Wildman–Crippen LogP) is 1.62. The number of urea groups is 1. The molecule has 0 saturated heterocycles. The van der Waals surface area contributed by atoms with E-state index < -0.39 is 6.03 Å². The zero-order chi connectivity index (χ0) is 11.4. The van der Waals surface area contributed by atoms with Crippen molar-refractivity contribution >= 4 is 6.03 Å². The van der Waals surface area contributed by atoms with Crippen LogP contribution in [0.3, 0.4) is 0 Å². The molecule has 15 heavy (non-hydrogen) atoms. The van der Waals surface area contributed by atoms with Crippen LogP contribution in [-0.4, -0.2) is 12.1 Å². The highest BCUT2D eigenvalue weighted by Gasteiger charge is 2.30. The van der Waals surface area contributed by atoms with E-state index in [0.29, 0.717) is 17.9 Å². The summed E-state index contributed by atoms with van der Waals surface area (Å²) in [4.78, 5) is 10.6.